The fourth-order valence-electron chi connectivity index (χ4n) is 2.12. The minimum Gasteiger partial charge on any atom is -0.477 e. The number of carboxylic acid groups (broad SMARTS) is 1. The van der Waals surface area contributed by atoms with E-state index in [9.17, 15) is 4.79 Å². The van der Waals surface area contributed by atoms with E-state index in [1.54, 1.807) is 13.0 Å². The number of nitrogens with zero attached hydrogens (tertiary/aromatic N) is 4. The Morgan fingerprint density at radius 2 is 2.00 bits per heavy atom. The number of carboxylic acids is 1. The van der Waals surface area contributed by atoms with E-state index in [4.69, 9.17) is 5.11 Å². The van der Waals surface area contributed by atoms with E-state index in [0.29, 0.717) is 5.82 Å². The highest BCUT2D eigenvalue weighted by atomic mass is 16.4. The summed E-state index contributed by atoms with van der Waals surface area (Å²) in [4.78, 5) is 23.7. The van der Waals surface area contributed by atoms with E-state index in [2.05, 4.69) is 26.7 Å². The van der Waals surface area contributed by atoms with Gasteiger partial charge in [-0.25, -0.2) is 14.8 Å². The van der Waals surface area contributed by atoms with Gasteiger partial charge in [0.05, 0.1) is 0 Å². The molecule has 0 saturated carbocycles. The Hall–Kier alpha value is -1.69. The van der Waals surface area contributed by atoms with Gasteiger partial charge in [0.1, 0.15) is 11.6 Å². The maximum atomic E-state index is 11.0. The van der Waals surface area contributed by atoms with Crippen molar-refractivity contribution in [3.8, 4) is 0 Å². The molecule has 1 N–H and O–H groups in total. The Kier molecular flexibility index (Phi) is 3.76. The number of piperazine rings is 1. The molecule has 0 bridgehead atoms. The Morgan fingerprint density at radius 1 is 1.33 bits per heavy atom. The number of rotatable bonds is 3. The number of aryl methyl sites for hydroxylation is 1. The fourth-order valence-corrected chi connectivity index (χ4v) is 2.12. The van der Waals surface area contributed by atoms with Crippen LogP contribution in [0.15, 0.2) is 6.07 Å². The molecule has 0 aromatic carbocycles. The van der Waals surface area contributed by atoms with Crippen LogP contribution in [-0.4, -0.2) is 58.7 Å². The number of aromatic nitrogens is 2. The van der Waals surface area contributed by atoms with Gasteiger partial charge in [0.25, 0.3) is 0 Å². The summed E-state index contributed by atoms with van der Waals surface area (Å²) in [6, 6.07) is 1.55. The van der Waals surface area contributed by atoms with E-state index < -0.39 is 5.97 Å². The average Bonchev–Trinajstić information content (AvgIpc) is 2.38. The summed E-state index contributed by atoms with van der Waals surface area (Å²) in [7, 11) is 0. The van der Waals surface area contributed by atoms with E-state index in [1.807, 2.05) is 0 Å². The van der Waals surface area contributed by atoms with Gasteiger partial charge in [0.15, 0.2) is 5.69 Å². The Labute approximate surface area is 106 Å². The fraction of sp³-hybridized carbons (Fsp3) is 0.583. The van der Waals surface area contributed by atoms with Gasteiger partial charge in [-0.05, 0) is 13.5 Å². The number of hydrogen-bond acceptors (Lipinski definition) is 5. The van der Waals surface area contributed by atoms with Crippen LogP contribution in [0.1, 0.15) is 23.2 Å². The molecule has 2 rings (SSSR count). The van der Waals surface area contributed by atoms with Crippen molar-refractivity contribution < 1.29 is 9.90 Å². The Morgan fingerprint density at radius 3 is 2.56 bits per heavy atom. The van der Waals surface area contributed by atoms with Crippen molar-refractivity contribution in [2.75, 3.05) is 37.6 Å². The predicted octanol–water partition coefficient (Wildman–Crippen LogP) is 0.625. The van der Waals surface area contributed by atoms with Gasteiger partial charge < -0.3 is 14.9 Å². The monoisotopic (exact) mass is 250 g/mol. The summed E-state index contributed by atoms with van der Waals surface area (Å²) < 4.78 is 0. The third kappa shape index (κ3) is 2.76. The summed E-state index contributed by atoms with van der Waals surface area (Å²) in [5.41, 5.74) is 0.0652. The first-order chi connectivity index (χ1) is 8.60. The maximum absolute atomic E-state index is 11.0. The molecule has 0 radical (unpaired) electrons. The highest BCUT2D eigenvalue weighted by molar-refractivity contribution is 5.86. The Bertz CT molecular complexity index is 442. The second-order valence-corrected chi connectivity index (χ2v) is 4.39. The summed E-state index contributed by atoms with van der Waals surface area (Å²) >= 11 is 0. The second-order valence-electron chi connectivity index (χ2n) is 4.39. The van der Waals surface area contributed by atoms with Gasteiger partial charge in [-0.2, -0.15) is 0 Å². The lowest BCUT2D eigenvalue weighted by Gasteiger charge is -2.34. The molecule has 1 fully saturated rings. The summed E-state index contributed by atoms with van der Waals surface area (Å²) in [6.45, 7) is 8.65. The van der Waals surface area contributed by atoms with E-state index in [1.165, 1.54) is 0 Å². The van der Waals surface area contributed by atoms with Crippen LogP contribution in [-0.2, 0) is 0 Å². The molecule has 6 nitrogen and oxygen atoms in total. The van der Waals surface area contributed by atoms with E-state index in [-0.39, 0.29) is 5.69 Å². The molecule has 6 heteroatoms. The van der Waals surface area contributed by atoms with Crippen LogP contribution in [0.25, 0.3) is 0 Å². The first kappa shape index (κ1) is 12.8. The Balaban J connectivity index is 2.16. The van der Waals surface area contributed by atoms with Crippen molar-refractivity contribution in [2.45, 2.75) is 13.8 Å². The van der Waals surface area contributed by atoms with Gasteiger partial charge in [-0.15, -0.1) is 0 Å². The molecular weight excluding hydrogens is 232 g/mol. The summed E-state index contributed by atoms with van der Waals surface area (Å²) in [5.74, 6) is 0.215. The third-order valence-corrected chi connectivity index (χ3v) is 3.19. The SMILES string of the molecule is CCN1CCN(c2cc(C(=O)O)nc(C)n2)CC1. The zero-order valence-corrected chi connectivity index (χ0v) is 10.8. The third-order valence-electron chi connectivity index (χ3n) is 3.19. The van der Waals surface area contributed by atoms with Crippen LogP contribution in [0.3, 0.4) is 0 Å². The molecule has 2 heterocycles. The number of likely N-dealkylation sites (N-methyl/N-ethyl adjacent to an activating group) is 1. The molecule has 0 amide bonds. The molecule has 0 spiro atoms. The number of carbonyl (C=O) groups is 1. The molecule has 18 heavy (non-hydrogen) atoms. The molecular formula is C12H18N4O2. The largest absolute Gasteiger partial charge is 0.477 e. The molecule has 1 aliphatic heterocycles. The molecule has 1 saturated heterocycles. The van der Waals surface area contributed by atoms with Crippen molar-refractivity contribution in [2.24, 2.45) is 0 Å². The smallest absolute Gasteiger partial charge is 0.354 e. The number of hydrogen-bond donors (Lipinski definition) is 1. The molecule has 1 aromatic rings. The van der Waals surface area contributed by atoms with Crippen LogP contribution in [0.4, 0.5) is 5.82 Å². The highest BCUT2D eigenvalue weighted by Crippen LogP contribution is 2.15. The molecule has 0 unspecified atom stereocenters. The van der Waals surface area contributed by atoms with Gasteiger partial charge in [0, 0.05) is 32.2 Å². The first-order valence-corrected chi connectivity index (χ1v) is 6.16. The topological polar surface area (TPSA) is 69.6 Å². The maximum Gasteiger partial charge on any atom is 0.354 e. The van der Waals surface area contributed by atoms with Crippen LogP contribution in [0, 0.1) is 6.92 Å². The second kappa shape index (κ2) is 5.30. The van der Waals surface area contributed by atoms with Crippen molar-refractivity contribution in [3.05, 3.63) is 17.6 Å². The average molecular weight is 250 g/mol. The predicted molar refractivity (Wildman–Crippen MR) is 68.1 cm³/mol. The van der Waals surface area contributed by atoms with Crippen LogP contribution >= 0.6 is 0 Å². The lowest BCUT2D eigenvalue weighted by Crippen LogP contribution is -2.46. The van der Waals surface area contributed by atoms with Crippen molar-refractivity contribution in [3.63, 3.8) is 0 Å². The van der Waals surface area contributed by atoms with Gasteiger partial charge in [-0.1, -0.05) is 6.92 Å². The zero-order chi connectivity index (χ0) is 13.1. The minimum absolute atomic E-state index is 0.0652. The lowest BCUT2D eigenvalue weighted by molar-refractivity contribution is 0.0690. The van der Waals surface area contributed by atoms with Crippen molar-refractivity contribution in [1.82, 2.24) is 14.9 Å². The molecule has 0 atom stereocenters. The van der Waals surface area contributed by atoms with Crippen molar-refractivity contribution in [1.29, 1.82) is 0 Å². The molecule has 1 aromatic heterocycles. The van der Waals surface area contributed by atoms with E-state index >= 15 is 0 Å². The highest BCUT2D eigenvalue weighted by Gasteiger charge is 2.18. The zero-order valence-electron chi connectivity index (χ0n) is 10.8. The minimum atomic E-state index is -1.01. The van der Waals surface area contributed by atoms with Gasteiger partial charge in [-0.3, -0.25) is 0 Å². The summed E-state index contributed by atoms with van der Waals surface area (Å²) in [6.07, 6.45) is 0. The van der Waals surface area contributed by atoms with Gasteiger partial charge in [0.2, 0.25) is 0 Å². The normalized spacial score (nSPS) is 16.9. The molecule has 0 aliphatic carbocycles. The van der Waals surface area contributed by atoms with Crippen molar-refractivity contribution >= 4 is 11.8 Å². The van der Waals surface area contributed by atoms with E-state index in [0.717, 1.165) is 38.5 Å². The van der Waals surface area contributed by atoms with Crippen LogP contribution in [0.5, 0.6) is 0 Å². The molecule has 98 valence electrons. The standard InChI is InChI=1S/C12H18N4O2/c1-3-15-4-6-16(7-5-15)11-8-10(12(17)18)13-9(2)14-11/h8H,3-7H2,1-2H3,(H,17,18). The van der Waals surface area contributed by atoms with Crippen LogP contribution in [0.2, 0.25) is 0 Å². The number of anilines is 1. The number of aromatic carboxylic acids is 1. The quantitative estimate of drug-likeness (QED) is 0.848. The first-order valence-electron chi connectivity index (χ1n) is 6.16. The summed E-state index contributed by atoms with van der Waals surface area (Å²) in [5, 5.41) is 9.00. The lowest BCUT2D eigenvalue weighted by atomic mass is 10.3. The molecule has 1 aliphatic rings. The van der Waals surface area contributed by atoms with Crippen LogP contribution < -0.4 is 4.90 Å². The van der Waals surface area contributed by atoms with Gasteiger partial charge >= 0.3 is 5.97 Å².